The van der Waals surface area contributed by atoms with E-state index in [0.29, 0.717) is 0 Å². The van der Waals surface area contributed by atoms with Gasteiger partial charge in [0.1, 0.15) is 5.56 Å². The van der Waals surface area contributed by atoms with E-state index in [2.05, 4.69) is 11.7 Å². The number of carbonyl (C=O) groups is 2. The van der Waals surface area contributed by atoms with Gasteiger partial charge in [-0.1, -0.05) is 12.1 Å². The van der Waals surface area contributed by atoms with E-state index in [1.54, 1.807) is 6.92 Å². The normalized spacial score (nSPS) is 10.4. The first-order valence-corrected chi connectivity index (χ1v) is 6.25. The van der Waals surface area contributed by atoms with Gasteiger partial charge in [0, 0.05) is 5.56 Å². The minimum absolute atomic E-state index is 0. The van der Waals surface area contributed by atoms with Gasteiger partial charge in [0.15, 0.2) is 0 Å². The van der Waals surface area contributed by atoms with Gasteiger partial charge in [0.2, 0.25) is 0 Å². The third kappa shape index (κ3) is 5.57. The SMILES string of the molecule is CCOC(=O)C(C)c1cccc(C(=O)Cl)c1[N+](=O)[O-].Cl.NN. The molecular formula is C12H17Cl2N3O5. The fourth-order valence-corrected chi connectivity index (χ4v) is 1.82. The van der Waals surface area contributed by atoms with Gasteiger partial charge in [-0.3, -0.25) is 31.4 Å². The first kappa shape index (κ1) is 22.5. The van der Waals surface area contributed by atoms with Gasteiger partial charge in [-0.15, -0.1) is 12.4 Å². The van der Waals surface area contributed by atoms with Gasteiger partial charge in [0.25, 0.3) is 10.9 Å². The molecule has 0 bridgehead atoms. The Bertz CT molecular complexity index is 539. The third-order valence-electron chi connectivity index (χ3n) is 2.57. The number of hydrogen-bond donors (Lipinski definition) is 2. The Labute approximate surface area is 138 Å². The highest BCUT2D eigenvalue weighted by Crippen LogP contribution is 2.31. The topological polar surface area (TPSA) is 139 Å². The van der Waals surface area contributed by atoms with E-state index in [-0.39, 0.29) is 30.1 Å². The molecule has 1 aromatic carbocycles. The molecule has 22 heavy (non-hydrogen) atoms. The molecule has 0 aliphatic carbocycles. The standard InChI is InChI=1S/C12H12ClNO5.ClH.H4N2/c1-3-19-12(16)7(2)8-5-4-6-9(11(13)15)10(8)14(17)18;;1-2/h4-7H,3H2,1-2H3;1H;1-2H2. The molecule has 124 valence electrons. The largest absolute Gasteiger partial charge is 0.466 e. The number of nitro benzene ring substituents is 1. The number of rotatable bonds is 5. The first-order chi connectivity index (χ1) is 9.90. The molecule has 0 aliphatic heterocycles. The summed E-state index contributed by atoms with van der Waals surface area (Å²) in [5.41, 5.74) is -0.585. The number of nitro groups is 1. The number of esters is 1. The maximum atomic E-state index is 11.6. The van der Waals surface area contributed by atoms with Crippen LogP contribution in [0.3, 0.4) is 0 Å². The quantitative estimate of drug-likeness (QED) is 0.271. The molecule has 4 N–H and O–H groups in total. The second kappa shape index (κ2) is 10.9. The lowest BCUT2D eigenvalue weighted by molar-refractivity contribution is -0.385. The maximum Gasteiger partial charge on any atom is 0.313 e. The van der Waals surface area contributed by atoms with Crippen LogP contribution in [0.4, 0.5) is 5.69 Å². The smallest absolute Gasteiger partial charge is 0.313 e. The zero-order valence-electron chi connectivity index (χ0n) is 11.9. The van der Waals surface area contributed by atoms with Crippen molar-refractivity contribution in [1.82, 2.24) is 0 Å². The number of para-hydroxylation sites is 1. The third-order valence-corrected chi connectivity index (χ3v) is 2.77. The average Bonchev–Trinajstić information content (AvgIpc) is 2.47. The highest BCUT2D eigenvalue weighted by atomic mass is 35.5. The molecule has 0 aromatic heterocycles. The summed E-state index contributed by atoms with van der Waals surface area (Å²) in [5, 5.41) is 10.1. The van der Waals surface area contributed by atoms with Crippen molar-refractivity contribution >= 4 is 40.9 Å². The molecule has 8 nitrogen and oxygen atoms in total. The summed E-state index contributed by atoms with van der Waals surface area (Å²) in [5.74, 6) is 6.56. The summed E-state index contributed by atoms with van der Waals surface area (Å²) in [6.45, 7) is 3.28. The minimum atomic E-state index is -0.940. The molecule has 0 radical (unpaired) electrons. The lowest BCUT2D eigenvalue weighted by atomic mass is 9.96. The number of hydrazine groups is 1. The van der Waals surface area contributed by atoms with E-state index in [1.807, 2.05) is 0 Å². The van der Waals surface area contributed by atoms with Crippen LogP contribution in [0.1, 0.15) is 35.7 Å². The summed E-state index contributed by atoms with van der Waals surface area (Å²) >= 11 is 5.31. The number of hydrogen-bond acceptors (Lipinski definition) is 7. The summed E-state index contributed by atoms with van der Waals surface area (Å²) in [7, 11) is 0. The highest BCUT2D eigenvalue weighted by molar-refractivity contribution is 6.68. The lowest BCUT2D eigenvalue weighted by Crippen LogP contribution is -2.15. The molecule has 10 heteroatoms. The van der Waals surface area contributed by atoms with Crippen molar-refractivity contribution < 1.29 is 19.2 Å². The van der Waals surface area contributed by atoms with Crippen LogP contribution in [0.2, 0.25) is 0 Å². The number of nitrogens with zero attached hydrogens (tertiary/aromatic N) is 1. The van der Waals surface area contributed by atoms with Crippen LogP contribution in [0.25, 0.3) is 0 Å². The molecule has 0 amide bonds. The highest BCUT2D eigenvalue weighted by Gasteiger charge is 2.29. The van der Waals surface area contributed by atoms with Gasteiger partial charge in [-0.25, -0.2) is 0 Å². The van der Waals surface area contributed by atoms with Gasteiger partial charge < -0.3 is 4.74 Å². The Kier molecular flexibility index (Phi) is 11.2. The number of benzene rings is 1. The Morgan fingerprint density at radius 3 is 2.36 bits per heavy atom. The zero-order chi connectivity index (χ0) is 16.6. The van der Waals surface area contributed by atoms with E-state index in [0.717, 1.165) is 0 Å². The van der Waals surface area contributed by atoms with Crippen molar-refractivity contribution in [3.8, 4) is 0 Å². The number of halogens is 2. The summed E-state index contributed by atoms with van der Waals surface area (Å²) < 4.78 is 4.81. The Morgan fingerprint density at radius 2 is 1.95 bits per heavy atom. The first-order valence-electron chi connectivity index (χ1n) is 5.87. The van der Waals surface area contributed by atoms with Crippen molar-refractivity contribution in [2.24, 2.45) is 11.7 Å². The lowest BCUT2D eigenvalue weighted by Gasteiger charge is -2.12. The van der Waals surface area contributed by atoms with Crippen LogP contribution < -0.4 is 11.7 Å². The Balaban J connectivity index is 0. The Hall–Kier alpha value is -1.74. The molecule has 0 heterocycles. The van der Waals surface area contributed by atoms with Crippen molar-refractivity contribution in [3.63, 3.8) is 0 Å². The second-order valence-electron chi connectivity index (χ2n) is 3.75. The van der Waals surface area contributed by atoms with Gasteiger partial charge in [-0.05, 0) is 31.5 Å². The van der Waals surface area contributed by atoms with Gasteiger partial charge in [-0.2, -0.15) is 0 Å². The Morgan fingerprint density at radius 1 is 1.41 bits per heavy atom. The van der Waals surface area contributed by atoms with Gasteiger partial charge >= 0.3 is 5.97 Å². The van der Waals surface area contributed by atoms with E-state index in [4.69, 9.17) is 16.3 Å². The molecule has 0 spiro atoms. The minimum Gasteiger partial charge on any atom is -0.466 e. The predicted octanol–water partition coefficient (Wildman–Crippen LogP) is 1.88. The fourth-order valence-electron chi connectivity index (χ4n) is 1.67. The molecule has 1 atom stereocenters. The van der Waals surface area contributed by atoms with Gasteiger partial charge in [0.05, 0.1) is 17.4 Å². The van der Waals surface area contributed by atoms with Crippen molar-refractivity contribution in [2.45, 2.75) is 19.8 Å². The van der Waals surface area contributed by atoms with E-state index < -0.39 is 27.7 Å². The maximum absolute atomic E-state index is 11.6. The molecule has 1 aromatic rings. The monoisotopic (exact) mass is 353 g/mol. The molecular weight excluding hydrogens is 337 g/mol. The van der Waals surface area contributed by atoms with Crippen LogP contribution in [-0.4, -0.2) is 22.7 Å². The molecule has 1 rings (SSSR count). The van der Waals surface area contributed by atoms with Crippen molar-refractivity contribution in [3.05, 3.63) is 39.4 Å². The van der Waals surface area contributed by atoms with Crippen LogP contribution in [0.15, 0.2) is 18.2 Å². The summed E-state index contributed by atoms with van der Waals surface area (Å²) in [6.07, 6.45) is 0. The van der Waals surface area contributed by atoms with Crippen LogP contribution in [-0.2, 0) is 9.53 Å². The zero-order valence-corrected chi connectivity index (χ0v) is 13.5. The van der Waals surface area contributed by atoms with Crippen molar-refractivity contribution in [1.29, 1.82) is 0 Å². The molecule has 0 saturated carbocycles. The number of nitrogens with two attached hydrogens (primary N) is 2. The second-order valence-corrected chi connectivity index (χ2v) is 4.09. The van der Waals surface area contributed by atoms with Crippen LogP contribution in [0.5, 0.6) is 0 Å². The molecule has 0 aliphatic rings. The predicted molar refractivity (Wildman–Crippen MR) is 84.0 cm³/mol. The molecule has 1 unspecified atom stereocenters. The molecule has 0 fully saturated rings. The number of ether oxygens (including phenoxy) is 1. The van der Waals surface area contributed by atoms with Crippen molar-refractivity contribution in [2.75, 3.05) is 6.61 Å². The summed E-state index contributed by atoms with van der Waals surface area (Å²) in [4.78, 5) is 33.2. The molecule has 0 saturated heterocycles. The van der Waals surface area contributed by atoms with Crippen LogP contribution >= 0.6 is 24.0 Å². The average molecular weight is 354 g/mol. The van der Waals surface area contributed by atoms with E-state index >= 15 is 0 Å². The summed E-state index contributed by atoms with van der Waals surface area (Å²) in [6, 6.07) is 4.09. The van der Waals surface area contributed by atoms with E-state index in [9.17, 15) is 19.7 Å². The fraction of sp³-hybridized carbons (Fsp3) is 0.333. The van der Waals surface area contributed by atoms with E-state index in [1.165, 1.54) is 25.1 Å². The number of carbonyl (C=O) groups excluding carboxylic acids is 2. The van der Waals surface area contributed by atoms with Crippen LogP contribution in [0, 0.1) is 10.1 Å².